The molecule has 0 radical (unpaired) electrons. The zero-order valence-corrected chi connectivity index (χ0v) is 9.58. The number of nitrogens with one attached hydrogen (secondary N) is 1. The third-order valence-electron chi connectivity index (χ3n) is 2.70. The van der Waals surface area contributed by atoms with Crippen molar-refractivity contribution in [2.75, 3.05) is 19.6 Å². The summed E-state index contributed by atoms with van der Waals surface area (Å²) in [5.74, 6) is -0.106. The van der Waals surface area contributed by atoms with Crippen LogP contribution in [0.4, 0.5) is 0 Å². The molecule has 0 saturated carbocycles. The number of hydrogen-bond acceptors (Lipinski definition) is 3. The van der Waals surface area contributed by atoms with Crippen LogP contribution in [0.1, 0.15) is 33.1 Å². The minimum atomic E-state index is -0.105. The molecule has 1 atom stereocenters. The Hall–Kier alpha value is -0.900. The Morgan fingerprint density at radius 1 is 1.40 bits per heavy atom. The van der Waals surface area contributed by atoms with Crippen LogP contribution in [0.5, 0.6) is 0 Å². The number of likely N-dealkylation sites (tertiary alicyclic amines) is 1. The molecule has 1 saturated heterocycles. The number of amides is 2. The number of hydrogen-bond donors (Lipinski definition) is 1. The van der Waals surface area contributed by atoms with E-state index in [2.05, 4.69) is 12.2 Å². The van der Waals surface area contributed by atoms with E-state index in [0.29, 0.717) is 13.0 Å². The third-order valence-corrected chi connectivity index (χ3v) is 2.70. The SMILES string of the molecule is CCNCCCCN1C(=O)CC(C)C1=O. The molecular weight excluding hydrogens is 192 g/mol. The number of rotatable bonds is 6. The topological polar surface area (TPSA) is 49.4 Å². The molecule has 0 aromatic carbocycles. The third kappa shape index (κ3) is 3.30. The zero-order chi connectivity index (χ0) is 11.3. The fourth-order valence-corrected chi connectivity index (χ4v) is 1.78. The summed E-state index contributed by atoms with van der Waals surface area (Å²) in [6.45, 7) is 6.41. The first-order valence-corrected chi connectivity index (χ1v) is 5.71. The van der Waals surface area contributed by atoms with Crippen LogP contribution in [0.15, 0.2) is 0 Å². The van der Waals surface area contributed by atoms with Gasteiger partial charge >= 0.3 is 0 Å². The van der Waals surface area contributed by atoms with E-state index in [-0.39, 0.29) is 17.7 Å². The lowest BCUT2D eigenvalue weighted by Crippen LogP contribution is -2.31. The normalized spacial score (nSPS) is 21.5. The molecule has 0 spiro atoms. The van der Waals surface area contributed by atoms with Gasteiger partial charge < -0.3 is 5.32 Å². The van der Waals surface area contributed by atoms with E-state index in [0.717, 1.165) is 25.9 Å². The average molecular weight is 212 g/mol. The van der Waals surface area contributed by atoms with Crippen LogP contribution in [0, 0.1) is 5.92 Å². The number of imide groups is 1. The summed E-state index contributed by atoms with van der Waals surface area (Å²) >= 11 is 0. The molecule has 1 rings (SSSR count). The first-order chi connectivity index (χ1) is 7.16. The van der Waals surface area contributed by atoms with Gasteiger partial charge in [0.05, 0.1) is 0 Å². The molecule has 1 aliphatic rings. The van der Waals surface area contributed by atoms with E-state index in [9.17, 15) is 9.59 Å². The van der Waals surface area contributed by atoms with Gasteiger partial charge in [-0.05, 0) is 25.9 Å². The van der Waals surface area contributed by atoms with Gasteiger partial charge in [0.2, 0.25) is 11.8 Å². The first-order valence-electron chi connectivity index (χ1n) is 5.71. The Bertz CT molecular complexity index is 241. The molecule has 2 amide bonds. The van der Waals surface area contributed by atoms with Crippen LogP contribution in [-0.2, 0) is 9.59 Å². The molecule has 4 heteroatoms. The first kappa shape index (κ1) is 12.2. The van der Waals surface area contributed by atoms with Crippen LogP contribution >= 0.6 is 0 Å². The van der Waals surface area contributed by atoms with Gasteiger partial charge in [0, 0.05) is 18.9 Å². The zero-order valence-electron chi connectivity index (χ0n) is 9.58. The van der Waals surface area contributed by atoms with Crippen molar-refractivity contribution in [1.82, 2.24) is 10.2 Å². The molecule has 86 valence electrons. The summed E-state index contributed by atoms with van der Waals surface area (Å²) in [7, 11) is 0. The number of nitrogens with zero attached hydrogens (tertiary/aromatic N) is 1. The highest BCUT2D eigenvalue weighted by Gasteiger charge is 2.34. The lowest BCUT2D eigenvalue weighted by molar-refractivity contribution is -0.139. The lowest BCUT2D eigenvalue weighted by Gasteiger charge is -2.13. The second-order valence-electron chi connectivity index (χ2n) is 4.05. The highest BCUT2D eigenvalue weighted by Crippen LogP contribution is 2.18. The molecule has 0 aliphatic carbocycles. The molecule has 1 aliphatic heterocycles. The second-order valence-corrected chi connectivity index (χ2v) is 4.05. The van der Waals surface area contributed by atoms with Crippen molar-refractivity contribution in [2.45, 2.75) is 33.1 Å². The van der Waals surface area contributed by atoms with Gasteiger partial charge in [0.25, 0.3) is 0 Å². The molecular formula is C11H20N2O2. The van der Waals surface area contributed by atoms with Crippen LogP contribution in [0.25, 0.3) is 0 Å². The van der Waals surface area contributed by atoms with E-state index in [1.807, 2.05) is 6.92 Å². The molecule has 1 unspecified atom stereocenters. The van der Waals surface area contributed by atoms with Crippen LogP contribution in [0.2, 0.25) is 0 Å². The molecule has 1 N–H and O–H groups in total. The molecule has 0 aromatic rings. The number of unbranched alkanes of at least 4 members (excludes halogenated alkanes) is 1. The molecule has 15 heavy (non-hydrogen) atoms. The maximum Gasteiger partial charge on any atom is 0.232 e. The number of carbonyl (C=O) groups excluding carboxylic acids is 2. The van der Waals surface area contributed by atoms with Crippen molar-refractivity contribution in [3.63, 3.8) is 0 Å². The summed E-state index contributed by atoms with van der Waals surface area (Å²) < 4.78 is 0. The van der Waals surface area contributed by atoms with E-state index >= 15 is 0 Å². The minimum absolute atomic E-state index is 0.00320. The summed E-state index contributed by atoms with van der Waals surface area (Å²) in [6, 6.07) is 0. The van der Waals surface area contributed by atoms with Crippen molar-refractivity contribution < 1.29 is 9.59 Å². The summed E-state index contributed by atoms with van der Waals surface area (Å²) in [5.41, 5.74) is 0. The van der Waals surface area contributed by atoms with Crippen LogP contribution < -0.4 is 5.32 Å². The largest absolute Gasteiger partial charge is 0.317 e. The summed E-state index contributed by atoms with van der Waals surface area (Å²) in [5, 5.41) is 3.22. The molecule has 4 nitrogen and oxygen atoms in total. The molecule has 1 fully saturated rings. The molecule has 1 heterocycles. The van der Waals surface area contributed by atoms with Crippen molar-refractivity contribution in [1.29, 1.82) is 0 Å². The Morgan fingerprint density at radius 3 is 2.67 bits per heavy atom. The minimum Gasteiger partial charge on any atom is -0.317 e. The smallest absolute Gasteiger partial charge is 0.232 e. The summed E-state index contributed by atoms with van der Waals surface area (Å²) in [4.78, 5) is 24.3. The maximum atomic E-state index is 11.5. The van der Waals surface area contributed by atoms with Gasteiger partial charge in [-0.15, -0.1) is 0 Å². The fourth-order valence-electron chi connectivity index (χ4n) is 1.78. The van der Waals surface area contributed by atoms with Crippen LogP contribution in [0.3, 0.4) is 0 Å². The van der Waals surface area contributed by atoms with Gasteiger partial charge in [0.1, 0.15) is 0 Å². The highest BCUT2D eigenvalue weighted by atomic mass is 16.2. The van der Waals surface area contributed by atoms with Crippen molar-refractivity contribution >= 4 is 11.8 Å². The fraction of sp³-hybridized carbons (Fsp3) is 0.818. The Kier molecular flexibility index (Phi) is 4.75. The van der Waals surface area contributed by atoms with Gasteiger partial charge in [-0.3, -0.25) is 14.5 Å². The summed E-state index contributed by atoms with van der Waals surface area (Å²) in [6.07, 6.45) is 2.31. The van der Waals surface area contributed by atoms with Crippen molar-refractivity contribution in [2.24, 2.45) is 5.92 Å². The average Bonchev–Trinajstić information content (AvgIpc) is 2.44. The van der Waals surface area contributed by atoms with Crippen molar-refractivity contribution in [3.05, 3.63) is 0 Å². The Balaban J connectivity index is 2.21. The lowest BCUT2D eigenvalue weighted by atomic mass is 10.1. The predicted molar refractivity (Wildman–Crippen MR) is 58.3 cm³/mol. The predicted octanol–water partition coefficient (Wildman–Crippen LogP) is 0.771. The van der Waals surface area contributed by atoms with Gasteiger partial charge in [0.15, 0.2) is 0 Å². The Labute approximate surface area is 91.0 Å². The van der Waals surface area contributed by atoms with Gasteiger partial charge in [-0.2, -0.15) is 0 Å². The highest BCUT2D eigenvalue weighted by molar-refractivity contribution is 6.03. The standard InChI is InChI=1S/C11H20N2O2/c1-3-12-6-4-5-7-13-10(14)8-9(2)11(13)15/h9,12H,3-8H2,1-2H3. The van der Waals surface area contributed by atoms with Crippen LogP contribution in [-0.4, -0.2) is 36.3 Å². The van der Waals surface area contributed by atoms with E-state index in [1.54, 1.807) is 0 Å². The van der Waals surface area contributed by atoms with Gasteiger partial charge in [-0.25, -0.2) is 0 Å². The maximum absolute atomic E-state index is 11.5. The number of carbonyl (C=O) groups is 2. The Morgan fingerprint density at radius 2 is 2.13 bits per heavy atom. The van der Waals surface area contributed by atoms with E-state index in [1.165, 1.54) is 4.90 Å². The molecule has 0 aromatic heterocycles. The van der Waals surface area contributed by atoms with Gasteiger partial charge in [-0.1, -0.05) is 13.8 Å². The van der Waals surface area contributed by atoms with Crippen molar-refractivity contribution in [3.8, 4) is 0 Å². The molecule has 0 bridgehead atoms. The monoisotopic (exact) mass is 212 g/mol. The quantitative estimate of drug-likeness (QED) is 0.522. The second kappa shape index (κ2) is 5.85. The van der Waals surface area contributed by atoms with E-state index < -0.39 is 0 Å². The van der Waals surface area contributed by atoms with E-state index in [4.69, 9.17) is 0 Å².